The predicted octanol–water partition coefficient (Wildman–Crippen LogP) is 1.57. The lowest BCUT2D eigenvalue weighted by Crippen LogP contribution is -2.15. The summed E-state index contributed by atoms with van der Waals surface area (Å²) in [5, 5.41) is 10.1. The summed E-state index contributed by atoms with van der Waals surface area (Å²) in [5.74, 6) is 1.22. The van der Waals surface area contributed by atoms with E-state index in [4.69, 9.17) is 4.74 Å². The topological polar surface area (TPSA) is 29.5 Å². The molecule has 2 rings (SSSR count). The normalized spacial score (nSPS) is 45.5. The first-order valence-corrected chi connectivity index (χ1v) is 5.00. The molecule has 0 aliphatic heterocycles. The summed E-state index contributed by atoms with van der Waals surface area (Å²) < 4.78 is 5.00. The van der Waals surface area contributed by atoms with Gasteiger partial charge in [0, 0.05) is 20.1 Å². The van der Waals surface area contributed by atoms with Gasteiger partial charge >= 0.3 is 0 Å². The lowest BCUT2D eigenvalue weighted by Gasteiger charge is -2.08. The highest BCUT2D eigenvalue weighted by Gasteiger charge is 2.62. The third-order valence-electron chi connectivity index (χ3n) is 3.65. The van der Waals surface area contributed by atoms with Crippen LogP contribution < -0.4 is 0 Å². The molecule has 0 spiro atoms. The third-order valence-corrected chi connectivity index (χ3v) is 3.65. The van der Waals surface area contributed by atoms with Gasteiger partial charge in [0.1, 0.15) is 0 Å². The van der Waals surface area contributed by atoms with Gasteiger partial charge in [-0.1, -0.05) is 12.8 Å². The van der Waals surface area contributed by atoms with E-state index < -0.39 is 0 Å². The van der Waals surface area contributed by atoms with Crippen LogP contribution in [0.4, 0.5) is 0 Å². The highest BCUT2D eigenvalue weighted by molar-refractivity contribution is 5.12. The molecule has 1 N–H and O–H groups in total. The minimum absolute atomic E-state index is 0.327. The zero-order valence-corrected chi connectivity index (χ0v) is 7.75. The van der Waals surface area contributed by atoms with E-state index in [0.29, 0.717) is 18.4 Å². The van der Waals surface area contributed by atoms with Gasteiger partial charge in [-0.2, -0.15) is 0 Å². The molecular formula is C10H18O2. The van der Waals surface area contributed by atoms with Gasteiger partial charge in [0.05, 0.1) is 5.60 Å². The fraction of sp³-hybridized carbons (Fsp3) is 1.00. The number of aliphatic hydroxyl groups is 1. The van der Waals surface area contributed by atoms with Crippen molar-refractivity contribution in [3.63, 3.8) is 0 Å². The van der Waals surface area contributed by atoms with E-state index in [0.717, 1.165) is 6.42 Å². The molecule has 12 heavy (non-hydrogen) atoms. The Morgan fingerprint density at radius 1 is 1.33 bits per heavy atom. The summed E-state index contributed by atoms with van der Waals surface area (Å²) in [7, 11) is 1.70. The average molecular weight is 170 g/mol. The van der Waals surface area contributed by atoms with Crippen molar-refractivity contribution in [1.29, 1.82) is 0 Å². The molecule has 0 bridgehead atoms. The maximum absolute atomic E-state index is 10.1. The number of methoxy groups -OCH3 is 1. The van der Waals surface area contributed by atoms with Gasteiger partial charge in [0.25, 0.3) is 0 Å². The Morgan fingerprint density at radius 3 is 2.42 bits per heavy atom. The summed E-state index contributed by atoms with van der Waals surface area (Å²) in [4.78, 5) is 0. The molecule has 0 aromatic carbocycles. The summed E-state index contributed by atoms with van der Waals surface area (Å²) >= 11 is 0. The summed E-state index contributed by atoms with van der Waals surface area (Å²) in [6.07, 6.45) is 5.96. The van der Waals surface area contributed by atoms with E-state index in [1.807, 2.05) is 0 Å². The highest BCUT2D eigenvalue weighted by Crippen LogP contribution is 2.60. The Morgan fingerprint density at radius 2 is 1.92 bits per heavy atom. The molecule has 2 saturated carbocycles. The number of fused-ring (bicyclic) bond motifs is 1. The minimum atomic E-state index is -0.327. The van der Waals surface area contributed by atoms with Crippen LogP contribution >= 0.6 is 0 Å². The van der Waals surface area contributed by atoms with Crippen molar-refractivity contribution >= 4 is 0 Å². The Labute approximate surface area is 73.9 Å². The van der Waals surface area contributed by atoms with E-state index in [-0.39, 0.29) is 5.60 Å². The molecule has 2 aliphatic rings. The molecule has 0 heterocycles. The predicted molar refractivity (Wildman–Crippen MR) is 46.9 cm³/mol. The lowest BCUT2D eigenvalue weighted by atomic mass is 10.0. The lowest BCUT2D eigenvalue weighted by molar-refractivity contribution is 0.0703. The van der Waals surface area contributed by atoms with Crippen molar-refractivity contribution < 1.29 is 9.84 Å². The van der Waals surface area contributed by atoms with Crippen LogP contribution in [0.25, 0.3) is 0 Å². The summed E-state index contributed by atoms with van der Waals surface area (Å²) in [6, 6.07) is 0. The van der Waals surface area contributed by atoms with Gasteiger partial charge in [0.2, 0.25) is 0 Å². The van der Waals surface area contributed by atoms with Crippen LogP contribution in [0.1, 0.15) is 32.1 Å². The Balaban J connectivity index is 1.87. The molecule has 0 saturated heterocycles. The molecular weight excluding hydrogens is 152 g/mol. The van der Waals surface area contributed by atoms with Gasteiger partial charge in [-0.05, 0) is 24.7 Å². The second-order valence-electron chi connectivity index (χ2n) is 4.23. The van der Waals surface area contributed by atoms with E-state index in [2.05, 4.69) is 0 Å². The average Bonchev–Trinajstić information content (AvgIpc) is 2.71. The van der Waals surface area contributed by atoms with Crippen molar-refractivity contribution in [2.45, 2.75) is 37.7 Å². The van der Waals surface area contributed by atoms with Crippen molar-refractivity contribution in [3.8, 4) is 0 Å². The van der Waals surface area contributed by atoms with Crippen LogP contribution in [-0.2, 0) is 4.74 Å². The van der Waals surface area contributed by atoms with Crippen LogP contribution in [-0.4, -0.2) is 24.4 Å². The molecule has 2 aliphatic carbocycles. The van der Waals surface area contributed by atoms with Crippen LogP contribution in [0.3, 0.4) is 0 Å². The van der Waals surface area contributed by atoms with Gasteiger partial charge in [-0.15, -0.1) is 0 Å². The minimum Gasteiger partial charge on any atom is -0.389 e. The third kappa shape index (κ3) is 1.17. The van der Waals surface area contributed by atoms with Crippen molar-refractivity contribution in [2.24, 2.45) is 11.8 Å². The van der Waals surface area contributed by atoms with E-state index in [1.165, 1.54) is 25.7 Å². The van der Waals surface area contributed by atoms with Gasteiger partial charge in [-0.3, -0.25) is 0 Å². The smallest absolute Gasteiger partial charge is 0.0733 e. The van der Waals surface area contributed by atoms with Gasteiger partial charge in [0.15, 0.2) is 0 Å². The number of ether oxygens (including phenoxy) is 1. The number of hydrogen-bond acceptors (Lipinski definition) is 2. The van der Waals surface area contributed by atoms with Gasteiger partial charge < -0.3 is 9.84 Å². The zero-order chi connectivity index (χ0) is 8.60. The molecule has 2 fully saturated rings. The summed E-state index contributed by atoms with van der Waals surface area (Å²) in [5.41, 5.74) is -0.327. The van der Waals surface area contributed by atoms with Crippen molar-refractivity contribution in [1.82, 2.24) is 0 Å². The monoisotopic (exact) mass is 170 g/mol. The Kier molecular flexibility index (Phi) is 2.13. The first-order chi connectivity index (χ1) is 5.79. The highest BCUT2D eigenvalue weighted by atomic mass is 16.5. The molecule has 2 nitrogen and oxygen atoms in total. The Bertz CT molecular complexity index is 155. The SMILES string of the molecule is COCCC1(O)C2CCCCC21. The fourth-order valence-electron chi connectivity index (χ4n) is 2.85. The Hall–Kier alpha value is -0.0800. The van der Waals surface area contributed by atoms with Crippen LogP contribution in [0.15, 0.2) is 0 Å². The quantitative estimate of drug-likeness (QED) is 0.696. The largest absolute Gasteiger partial charge is 0.389 e. The van der Waals surface area contributed by atoms with Crippen molar-refractivity contribution in [2.75, 3.05) is 13.7 Å². The standard InChI is InChI=1S/C10H18O2/c1-12-7-6-10(11)8-4-2-3-5-9(8)10/h8-9,11H,2-7H2,1H3. The molecule has 0 aromatic heterocycles. The second-order valence-corrected chi connectivity index (χ2v) is 4.23. The maximum atomic E-state index is 10.1. The number of rotatable bonds is 3. The van der Waals surface area contributed by atoms with Crippen LogP contribution in [0.5, 0.6) is 0 Å². The molecule has 0 radical (unpaired) electrons. The second kappa shape index (κ2) is 3.00. The van der Waals surface area contributed by atoms with Crippen LogP contribution in [0, 0.1) is 11.8 Å². The molecule has 2 heteroatoms. The van der Waals surface area contributed by atoms with Crippen molar-refractivity contribution in [3.05, 3.63) is 0 Å². The molecule has 2 unspecified atom stereocenters. The fourth-order valence-corrected chi connectivity index (χ4v) is 2.85. The van der Waals surface area contributed by atoms with E-state index in [9.17, 15) is 5.11 Å². The zero-order valence-electron chi connectivity index (χ0n) is 7.75. The van der Waals surface area contributed by atoms with E-state index >= 15 is 0 Å². The first kappa shape index (κ1) is 8.52. The summed E-state index contributed by atoms with van der Waals surface area (Å²) in [6.45, 7) is 0.712. The molecule has 0 amide bonds. The maximum Gasteiger partial charge on any atom is 0.0733 e. The molecule has 2 atom stereocenters. The van der Waals surface area contributed by atoms with Gasteiger partial charge in [-0.25, -0.2) is 0 Å². The first-order valence-electron chi connectivity index (χ1n) is 5.00. The number of hydrogen-bond donors (Lipinski definition) is 1. The van der Waals surface area contributed by atoms with Crippen LogP contribution in [0.2, 0.25) is 0 Å². The van der Waals surface area contributed by atoms with E-state index in [1.54, 1.807) is 7.11 Å². The molecule has 0 aromatic rings. The molecule has 70 valence electrons.